The number of aliphatic imine (C=N–C) groups is 1. The molecule has 1 aromatic heterocycles. The fourth-order valence-electron chi connectivity index (χ4n) is 2.90. The van der Waals surface area contributed by atoms with Crippen molar-refractivity contribution in [1.29, 1.82) is 0 Å². The Morgan fingerprint density at radius 3 is 2.47 bits per heavy atom. The Kier molecular flexibility index (Phi) is 10.1. The SMILES string of the molecule is CN=C(NCc1ccc(NC(=O)c2ccco2)cc1)NCC(C)Oc1ccccc1C.I. The molecule has 0 aliphatic carbocycles. The van der Waals surface area contributed by atoms with Crippen molar-refractivity contribution in [3.05, 3.63) is 83.8 Å². The zero-order chi connectivity index (χ0) is 22.1. The van der Waals surface area contributed by atoms with E-state index in [-0.39, 0.29) is 41.7 Å². The topological polar surface area (TPSA) is 87.9 Å². The molecule has 0 fully saturated rings. The Morgan fingerprint density at radius 2 is 1.81 bits per heavy atom. The zero-order valence-electron chi connectivity index (χ0n) is 18.4. The number of carbonyl (C=O) groups is 1. The first-order chi connectivity index (χ1) is 15.0. The summed E-state index contributed by atoms with van der Waals surface area (Å²) in [6, 6.07) is 18.9. The van der Waals surface area contributed by atoms with E-state index in [0.717, 1.165) is 16.9 Å². The zero-order valence-corrected chi connectivity index (χ0v) is 20.8. The number of para-hydroxylation sites is 1. The molecule has 0 saturated carbocycles. The first-order valence-electron chi connectivity index (χ1n) is 10.2. The minimum absolute atomic E-state index is 0. The predicted octanol–water partition coefficient (Wildman–Crippen LogP) is 4.59. The van der Waals surface area contributed by atoms with Gasteiger partial charge in [-0.25, -0.2) is 0 Å². The fourth-order valence-corrected chi connectivity index (χ4v) is 2.90. The number of guanidine groups is 1. The van der Waals surface area contributed by atoms with Gasteiger partial charge in [0.15, 0.2) is 11.7 Å². The summed E-state index contributed by atoms with van der Waals surface area (Å²) < 4.78 is 11.1. The molecule has 0 spiro atoms. The predicted molar refractivity (Wildman–Crippen MR) is 138 cm³/mol. The molecule has 1 atom stereocenters. The Labute approximate surface area is 205 Å². The molecule has 32 heavy (non-hydrogen) atoms. The van der Waals surface area contributed by atoms with Crippen molar-refractivity contribution < 1.29 is 13.9 Å². The Hall–Kier alpha value is -3.01. The van der Waals surface area contributed by atoms with Crippen LogP contribution < -0.4 is 20.7 Å². The molecule has 170 valence electrons. The van der Waals surface area contributed by atoms with Gasteiger partial charge < -0.3 is 25.1 Å². The average Bonchev–Trinajstić information content (AvgIpc) is 3.32. The number of hydrogen-bond acceptors (Lipinski definition) is 4. The molecular weight excluding hydrogens is 519 g/mol. The summed E-state index contributed by atoms with van der Waals surface area (Å²) in [7, 11) is 1.73. The lowest BCUT2D eigenvalue weighted by atomic mass is 10.2. The molecule has 0 aliphatic rings. The van der Waals surface area contributed by atoms with Crippen molar-refractivity contribution in [2.24, 2.45) is 4.99 Å². The van der Waals surface area contributed by atoms with Crippen LogP contribution in [0.25, 0.3) is 0 Å². The van der Waals surface area contributed by atoms with Crippen molar-refractivity contribution in [3.63, 3.8) is 0 Å². The van der Waals surface area contributed by atoms with Gasteiger partial charge in [-0.05, 0) is 55.3 Å². The molecule has 3 aromatic rings. The number of benzene rings is 2. The molecule has 0 aliphatic heterocycles. The largest absolute Gasteiger partial charge is 0.489 e. The number of carbonyl (C=O) groups excluding carboxylic acids is 1. The van der Waals surface area contributed by atoms with Gasteiger partial charge in [0.2, 0.25) is 0 Å². The first kappa shape index (κ1) is 25.3. The van der Waals surface area contributed by atoms with Crippen LogP contribution in [0.5, 0.6) is 5.75 Å². The third-order valence-corrected chi connectivity index (χ3v) is 4.62. The third-order valence-electron chi connectivity index (χ3n) is 4.62. The highest BCUT2D eigenvalue weighted by molar-refractivity contribution is 14.0. The standard InChI is InChI=1S/C24H28N4O3.HI/c1-17-7-4-5-8-21(17)31-18(2)15-26-24(25-3)27-16-19-10-12-20(13-11-19)28-23(29)22-9-6-14-30-22;/h4-14,18H,15-16H2,1-3H3,(H,28,29)(H2,25,26,27);1H. The Balaban J connectivity index is 0.00000363. The van der Waals surface area contributed by atoms with E-state index in [1.165, 1.54) is 6.26 Å². The van der Waals surface area contributed by atoms with Gasteiger partial charge in [0.05, 0.1) is 12.8 Å². The summed E-state index contributed by atoms with van der Waals surface area (Å²) in [5.41, 5.74) is 2.87. The van der Waals surface area contributed by atoms with Gasteiger partial charge in [-0.3, -0.25) is 9.79 Å². The highest BCUT2D eigenvalue weighted by atomic mass is 127. The molecule has 3 rings (SSSR count). The van der Waals surface area contributed by atoms with Gasteiger partial charge in [0.1, 0.15) is 11.9 Å². The van der Waals surface area contributed by atoms with E-state index >= 15 is 0 Å². The minimum atomic E-state index is -0.275. The minimum Gasteiger partial charge on any atom is -0.489 e. The maximum absolute atomic E-state index is 12.0. The number of nitrogens with one attached hydrogen (secondary N) is 3. The van der Waals surface area contributed by atoms with Crippen molar-refractivity contribution in [2.45, 2.75) is 26.5 Å². The normalized spacial score (nSPS) is 11.8. The summed E-state index contributed by atoms with van der Waals surface area (Å²) in [6.45, 7) is 5.26. The second-order valence-corrected chi connectivity index (χ2v) is 7.13. The Morgan fingerprint density at radius 1 is 1.06 bits per heavy atom. The smallest absolute Gasteiger partial charge is 0.291 e. The number of halogens is 1. The summed E-state index contributed by atoms with van der Waals surface area (Å²) in [4.78, 5) is 16.3. The molecule has 0 radical (unpaired) electrons. The molecule has 8 heteroatoms. The number of ether oxygens (including phenoxy) is 1. The van der Waals surface area contributed by atoms with Crippen molar-refractivity contribution in [2.75, 3.05) is 18.9 Å². The van der Waals surface area contributed by atoms with E-state index in [0.29, 0.717) is 24.7 Å². The van der Waals surface area contributed by atoms with E-state index in [4.69, 9.17) is 9.15 Å². The second kappa shape index (κ2) is 12.7. The molecule has 1 amide bonds. The van der Waals surface area contributed by atoms with Gasteiger partial charge in [0, 0.05) is 19.3 Å². The van der Waals surface area contributed by atoms with Crippen LogP contribution in [0.3, 0.4) is 0 Å². The van der Waals surface area contributed by atoms with Crippen molar-refractivity contribution in [3.8, 4) is 5.75 Å². The van der Waals surface area contributed by atoms with Gasteiger partial charge >= 0.3 is 0 Å². The average molecular weight is 548 g/mol. The molecular formula is C24H29IN4O3. The summed E-state index contributed by atoms with van der Waals surface area (Å²) in [6.07, 6.45) is 1.46. The van der Waals surface area contributed by atoms with Gasteiger partial charge in [0.25, 0.3) is 5.91 Å². The maximum atomic E-state index is 12.0. The quantitative estimate of drug-likeness (QED) is 0.218. The van der Waals surface area contributed by atoms with E-state index < -0.39 is 0 Å². The first-order valence-corrected chi connectivity index (χ1v) is 10.2. The Bertz CT molecular complexity index is 1000. The van der Waals surface area contributed by atoms with Gasteiger partial charge in [-0.1, -0.05) is 30.3 Å². The van der Waals surface area contributed by atoms with Crippen LogP contribution in [-0.2, 0) is 6.54 Å². The lowest BCUT2D eigenvalue weighted by molar-refractivity contribution is 0.0996. The summed E-state index contributed by atoms with van der Waals surface area (Å²) in [5.74, 6) is 1.58. The van der Waals surface area contributed by atoms with E-state index in [9.17, 15) is 4.79 Å². The maximum Gasteiger partial charge on any atom is 0.291 e. The van der Waals surface area contributed by atoms with E-state index in [1.54, 1.807) is 19.2 Å². The van der Waals surface area contributed by atoms with E-state index in [2.05, 4.69) is 20.9 Å². The van der Waals surface area contributed by atoms with Crippen LogP contribution in [0.1, 0.15) is 28.6 Å². The fraction of sp³-hybridized carbons (Fsp3) is 0.250. The number of amides is 1. The number of furan rings is 1. The number of nitrogens with zero attached hydrogens (tertiary/aromatic N) is 1. The second-order valence-electron chi connectivity index (χ2n) is 7.13. The number of anilines is 1. The summed E-state index contributed by atoms with van der Waals surface area (Å²) in [5, 5.41) is 9.36. The highest BCUT2D eigenvalue weighted by Gasteiger charge is 2.09. The number of aryl methyl sites for hydroxylation is 1. The van der Waals surface area contributed by atoms with E-state index in [1.807, 2.05) is 62.4 Å². The van der Waals surface area contributed by atoms with Crippen molar-refractivity contribution in [1.82, 2.24) is 10.6 Å². The molecule has 1 heterocycles. The lowest BCUT2D eigenvalue weighted by Gasteiger charge is -2.19. The van der Waals surface area contributed by atoms with Gasteiger partial charge in [-0.2, -0.15) is 0 Å². The van der Waals surface area contributed by atoms with Crippen LogP contribution in [0, 0.1) is 6.92 Å². The van der Waals surface area contributed by atoms with Crippen LogP contribution in [0.15, 0.2) is 76.3 Å². The molecule has 0 saturated heterocycles. The molecule has 3 N–H and O–H groups in total. The van der Waals surface area contributed by atoms with Crippen LogP contribution in [-0.4, -0.2) is 31.6 Å². The lowest BCUT2D eigenvalue weighted by Crippen LogP contribution is -2.41. The summed E-state index contributed by atoms with van der Waals surface area (Å²) >= 11 is 0. The molecule has 1 unspecified atom stereocenters. The van der Waals surface area contributed by atoms with Gasteiger partial charge in [-0.15, -0.1) is 24.0 Å². The monoisotopic (exact) mass is 548 g/mol. The molecule has 7 nitrogen and oxygen atoms in total. The van der Waals surface area contributed by atoms with Crippen LogP contribution in [0.2, 0.25) is 0 Å². The third kappa shape index (κ3) is 7.60. The molecule has 0 bridgehead atoms. The molecule has 2 aromatic carbocycles. The number of hydrogen-bond donors (Lipinski definition) is 3. The van der Waals surface area contributed by atoms with Crippen LogP contribution >= 0.6 is 24.0 Å². The highest BCUT2D eigenvalue weighted by Crippen LogP contribution is 2.17. The van der Waals surface area contributed by atoms with Crippen molar-refractivity contribution >= 4 is 41.5 Å². The number of rotatable bonds is 8. The van der Waals surface area contributed by atoms with Crippen LogP contribution in [0.4, 0.5) is 5.69 Å².